The van der Waals surface area contributed by atoms with Gasteiger partial charge in [-0.15, -0.1) is 0 Å². The summed E-state index contributed by atoms with van der Waals surface area (Å²) in [5.41, 5.74) is 0.654. The van der Waals surface area contributed by atoms with Crippen LogP contribution in [0, 0.1) is 5.92 Å². The number of carbonyl (C=O) groups excluding carboxylic acids is 1. The minimum absolute atomic E-state index is 0.0296. The first-order valence-corrected chi connectivity index (χ1v) is 9.29. The summed E-state index contributed by atoms with van der Waals surface area (Å²) in [7, 11) is 1.56. The Bertz CT molecular complexity index is 445. The maximum Gasteiger partial charge on any atom is 0.206 e. The number of aliphatic hydroxyl groups is 1. The zero-order valence-corrected chi connectivity index (χ0v) is 16.2. The second-order valence-electron chi connectivity index (χ2n) is 7.34. The predicted molar refractivity (Wildman–Crippen MR) is 100 cm³/mol. The van der Waals surface area contributed by atoms with Crippen molar-refractivity contribution in [1.82, 2.24) is 5.32 Å². The second-order valence-corrected chi connectivity index (χ2v) is 7.34. The highest BCUT2D eigenvalue weighted by atomic mass is 16.5. The fourth-order valence-electron chi connectivity index (χ4n) is 3.07. The Labute approximate surface area is 152 Å². The minimum atomic E-state index is -0.587. The van der Waals surface area contributed by atoms with Crippen molar-refractivity contribution in [2.45, 2.75) is 70.7 Å². The summed E-state index contributed by atoms with van der Waals surface area (Å²) in [6.07, 6.45) is 12.3. The van der Waals surface area contributed by atoms with Crippen molar-refractivity contribution < 1.29 is 19.4 Å². The molecular formula is C20H35NO4. The molecule has 0 aromatic carbocycles. The van der Waals surface area contributed by atoms with E-state index >= 15 is 0 Å². The fourth-order valence-corrected chi connectivity index (χ4v) is 3.07. The molecule has 5 heteroatoms. The molecule has 2 aliphatic heterocycles. The van der Waals surface area contributed by atoms with Gasteiger partial charge in [-0.1, -0.05) is 30.7 Å². The van der Waals surface area contributed by atoms with Crippen molar-refractivity contribution in [3.63, 3.8) is 0 Å². The lowest BCUT2D eigenvalue weighted by Crippen LogP contribution is -2.37. The minimum Gasteiger partial charge on any atom is -0.390 e. The number of ether oxygens (including phenoxy) is 2. The van der Waals surface area contributed by atoms with Crippen LogP contribution in [0.15, 0.2) is 23.8 Å². The Morgan fingerprint density at radius 2 is 2.08 bits per heavy atom. The Morgan fingerprint density at radius 1 is 1.36 bits per heavy atom. The van der Waals surface area contributed by atoms with E-state index in [0.29, 0.717) is 31.5 Å². The second kappa shape index (κ2) is 11.4. The molecule has 0 radical (unpaired) electrons. The predicted octanol–water partition coefficient (Wildman–Crippen LogP) is 2.99. The maximum atomic E-state index is 10.1. The largest absolute Gasteiger partial charge is 0.390 e. The van der Waals surface area contributed by atoms with E-state index in [0.717, 1.165) is 19.4 Å². The molecular weight excluding hydrogens is 318 g/mol. The van der Waals surface area contributed by atoms with Gasteiger partial charge < -0.3 is 19.9 Å². The van der Waals surface area contributed by atoms with Crippen LogP contribution in [0.3, 0.4) is 0 Å². The van der Waals surface area contributed by atoms with Crippen LogP contribution in [0.5, 0.6) is 0 Å². The van der Waals surface area contributed by atoms with E-state index in [-0.39, 0.29) is 6.10 Å². The van der Waals surface area contributed by atoms with E-state index < -0.39 is 5.60 Å². The lowest BCUT2D eigenvalue weighted by molar-refractivity contribution is -0.109. The summed E-state index contributed by atoms with van der Waals surface area (Å²) in [6, 6.07) is 0. The first-order chi connectivity index (χ1) is 11.9. The van der Waals surface area contributed by atoms with Gasteiger partial charge in [0.15, 0.2) is 0 Å². The van der Waals surface area contributed by atoms with E-state index in [4.69, 9.17) is 14.3 Å². The Kier molecular flexibility index (Phi) is 10.0. The van der Waals surface area contributed by atoms with Crippen LogP contribution >= 0.6 is 0 Å². The maximum absolute atomic E-state index is 10.1. The standard InChI is InChI=1S/C18H30O3.C2H5NO/c1-14(7-9-17-15(2)5-4-11-21-17)6-8-16-13-18(3,19)10-12-20-16;1-3-2-4/h6-8,15-17,19H,4-5,9-13H2,1-3H3;2H,1H3,(H,3,4)/b8-6+,14-7+;. The van der Waals surface area contributed by atoms with Crippen LogP contribution in [-0.2, 0) is 14.3 Å². The zero-order chi connectivity index (χ0) is 18.7. The highest BCUT2D eigenvalue weighted by Gasteiger charge is 2.29. The van der Waals surface area contributed by atoms with Crippen molar-refractivity contribution in [1.29, 1.82) is 0 Å². The van der Waals surface area contributed by atoms with Crippen molar-refractivity contribution in [3.05, 3.63) is 23.8 Å². The van der Waals surface area contributed by atoms with Gasteiger partial charge in [-0.05, 0) is 45.4 Å². The van der Waals surface area contributed by atoms with E-state index in [1.165, 1.54) is 18.4 Å². The lowest BCUT2D eigenvalue weighted by atomic mass is 9.92. The molecule has 4 atom stereocenters. The van der Waals surface area contributed by atoms with E-state index in [1.807, 2.05) is 6.92 Å². The molecule has 2 N–H and O–H groups in total. The lowest BCUT2D eigenvalue weighted by Gasteiger charge is -2.32. The van der Waals surface area contributed by atoms with Crippen LogP contribution in [0.1, 0.15) is 52.9 Å². The van der Waals surface area contributed by atoms with Gasteiger partial charge in [-0.3, -0.25) is 4.79 Å². The summed E-state index contributed by atoms with van der Waals surface area (Å²) < 4.78 is 11.5. The molecule has 2 rings (SSSR count). The van der Waals surface area contributed by atoms with Gasteiger partial charge in [0.05, 0.1) is 24.4 Å². The third kappa shape index (κ3) is 9.19. The molecule has 5 nitrogen and oxygen atoms in total. The average molecular weight is 354 g/mol. The summed E-state index contributed by atoms with van der Waals surface area (Å²) in [4.78, 5) is 9.06. The van der Waals surface area contributed by atoms with Gasteiger partial charge in [0.2, 0.25) is 6.41 Å². The number of nitrogens with one attached hydrogen (secondary N) is 1. The highest BCUT2D eigenvalue weighted by molar-refractivity contribution is 5.44. The van der Waals surface area contributed by atoms with E-state index in [1.54, 1.807) is 7.05 Å². The van der Waals surface area contributed by atoms with Crippen LogP contribution in [0.2, 0.25) is 0 Å². The third-order valence-corrected chi connectivity index (χ3v) is 4.75. The smallest absolute Gasteiger partial charge is 0.206 e. The molecule has 0 aromatic heterocycles. The first-order valence-electron chi connectivity index (χ1n) is 9.29. The van der Waals surface area contributed by atoms with Gasteiger partial charge in [0.1, 0.15) is 0 Å². The molecule has 0 bridgehead atoms. The van der Waals surface area contributed by atoms with Gasteiger partial charge >= 0.3 is 0 Å². The molecule has 2 saturated heterocycles. The molecule has 0 aliphatic carbocycles. The van der Waals surface area contributed by atoms with Gasteiger partial charge in [0, 0.05) is 20.1 Å². The summed E-state index contributed by atoms with van der Waals surface area (Å²) in [5, 5.41) is 12.3. The molecule has 2 aliphatic rings. The normalized spacial score (nSPS) is 33.5. The summed E-state index contributed by atoms with van der Waals surface area (Å²) in [5.74, 6) is 0.656. The van der Waals surface area contributed by atoms with Gasteiger partial charge in [0.25, 0.3) is 0 Å². The number of hydrogen-bond donors (Lipinski definition) is 2. The monoisotopic (exact) mass is 353 g/mol. The van der Waals surface area contributed by atoms with Crippen LogP contribution < -0.4 is 5.32 Å². The molecule has 0 aromatic rings. The molecule has 4 unspecified atom stereocenters. The van der Waals surface area contributed by atoms with Gasteiger partial charge in [-0.2, -0.15) is 0 Å². The fraction of sp³-hybridized carbons (Fsp3) is 0.750. The van der Waals surface area contributed by atoms with Crippen molar-refractivity contribution in [2.75, 3.05) is 20.3 Å². The Hall–Kier alpha value is -1.17. The SMILES string of the molecule is CC(/C=C/C1CC(C)(O)CCO1)=C\CC1OCCCC1C.CNC=O. The molecule has 2 fully saturated rings. The summed E-state index contributed by atoms with van der Waals surface area (Å²) >= 11 is 0. The number of amides is 1. The summed E-state index contributed by atoms with van der Waals surface area (Å²) in [6.45, 7) is 7.83. The molecule has 2 heterocycles. The first kappa shape index (κ1) is 21.9. The zero-order valence-electron chi connectivity index (χ0n) is 16.2. The van der Waals surface area contributed by atoms with Crippen LogP contribution in [0.25, 0.3) is 0 Å². The number of allylic oxidation sites excluding steroid dienone is 2. The topological polar surface area (TPSA) is 67.8 Å². The molecule has 144 valence electrons. The Morgan fingerprint density at radius 3 is 2.68 bits per heavy atom. The van der Waals surface area contributed by atoms with Crippen molar-refractivity contribution >= 4 is 6.41 Å². The number of hydrogen-bond acceptors (Lipinski definition) is 4. The van der Waals surface area contributed by atoms with Gasteiger partial charge in [-0.25, -0.2) is 0 Å². The van der Waals surface area contributed by atoms with Crippen LogP contribution in [0.4, 0.5) is 0 Å². The molecule has 1 amide bonds. The van der Waals surface area contributed by atoms with Crippen LogP contribution in [-0.4, -0.2) is 49.6 Å². The highest BCUT2D eigenvalue weighted by Crippen LogP contribution is 2.25. The number of carbonyl (C=O) groups is 1. The molecule has 0 spiro atoms. The van der Waals surface area contributed by atoms with Crippen molar-refractivity contribution in [3.8, 4) is 0 Å². The number of rotatable bonds is 5. The molecule has 0 saturated carbocycles. The van der Waals surface area contributed by atoms with Crippen molar-refractivity contribution in [2.24, 2.45) is 5.92 Å². The Balaban J connectivity index is 0.000000705. The quantitative estimate of drug-likeness (QED) is 0.589. The van der Waals surface area contributed by atoms with E-state index in [9.17, 15) is 5.11 Å². The third-order valence-electron chi connectivity index (χ3n) is 4.75. The van der Waals surface area contributed by atoms with E-state index in [2.05, 4.69) is 37.4 Å². The average Bonchev–Trinajstić information content (AvgIpc) is 2.58. The molecule has 25 heavy (non-hydrogen) atoms.